The first kappa shape index (κ1) is 22.6. The van der Waals surface area contributed by atoms with Crippen molar-refractivity contribution in [2.45, 2.75) is 6.92 Å². The number of piperazine rings is 1. The molecule has 3 rings (SSSR count). The highest BCUT2D eigenvalue weighted by Crippen LogP contribution is 2.15. The van der Waals surface area contributed by atoms with Gasteiger partial charge >= 0.3 is 0 Å². The van der Waals surface area contributed by atoms with Crippen LogP contribution in [0.3, 0.4) is 0 Å². The van der Waals surface area contributed by atoms with E-state index in [2.05, 4.69) is 35.5 Å². The molecule has 0 aliphatic carbocycles. The number of nitrogens with one attached hydrogen (secondary N) is 1. The van der Waals surface area contributed by atoms with Crippen molar-refractivity contribution in [3.8, 4) is 0 Å². The second-order valence-corrected chi connectivity index (χ2v) is 6.68. The summed E-state index contributed by atoms with van der Waals surface area (Å²) in [4.78, 5) is 37.4. The van der Waals surface area contributed by atoms with Crippen LogP contribution in [0.4, 0.5) is 11.4 Å². The molecule has 156 valence electrons. The van der Waals surface area contributed by atoms with Crippen LogP contribution in [0, 0.1) is 0 Å². The molecule has 6 nitrogen and oxygen atoms in total. The Labute approximate surface area is 177 Å². The molecule has 2 aromatic rings. The fourth-order valence-corrected chi connectivity index (χ4v) is 2.93. The molecule has 0 aromatic heterocycles. The molecule has 0 saturated carbocycles. The Morgan fingerprint density at radius 1 is 0.867 bits per heavy atom. The van der Waals surface area contributed by atoms with E-state index in [0.29, 0.717) is 11.3 Å². The summed E-state index contributed by atoms with van der Waals surface area (Å²) in [5.74, 6) is -0.222. The van der Waals surface area contributed by atoms with Crippen LogP contribution in [0.1, 0.15) is 17.3 Å². The molecule has 0 bridgehead atoms. The standard InChI is InChI=1S/C13H16N2O.C11H11NO2/c1-2-13(16)15-10-8-14(9-11-15)12-6-4-3-5-7-12;1-3-11(14)12-10-6-4-9(5-7-10)8(2)13/h2-7H,1,8-11H2;3-7H,1H2,2H3,(H,12,14). The number of rotatable bonds is 5. The summed E-state index contributed by atoms with van der Waals surface area (Å²) in [6.45, 7) is 11.7. The average molecular weight is 405 g/mol. The smallest absolute Gasteiger partial charge is 0.247 e. The Hall–Kier alpha value is -3.67. The van der Waals surface area contributed by atoms with E-state index < -0.39 is 0 Å². The zero-order valence-electron chi connectivity index (χ0n) is 17.2. The Balaban J connectivity index is 0.000000216. The predicted octanol–water partition coefficient (Wildman–Crippen LogP) is 3.53. The van der Waals surface area contributed by atoms with E-state index >= 15 is 0 Å². The summed E-state index contributed by atoms with van der Waals surface area (Å²) < 4.78 is 0. The van der Waals surface area contributed by atoms with Crippen LogP contribution in [0.2, 0.25) is 0 Å². The van der Waals surface area contributed by atoms with E-state index in [9.17, 15) is 14.4 Å². The Bertz CT molecular complexity index is 884. The van der Waals surface area contributed by atoms with Crippen LogP contribution in [0.25, 0.3) is 0 Å². The van der Waals surface area contributed by atoms with Crippen LogP contribution in [-0.2, 0) is 9.59 Å². The van der Waals surface area contributed by atoms with Crippen molar-refractivity contribution in [3.05, 3.63) is 85.5 Å². The fraction of sp³-hybridized carbons (Fsp3) is 0.208. The van der Waals surface area contributed by atoms with E-state index in [0.717, 1.165) is 26.2 Å². The highest BCUT2D eigenvalue weighted by atomic mass is 16.2. The molecular weight excluding hydrogens is 378 g/mol. The van der Waals surface area contributed by atoms with E-state index in [4.69, 9.17) is 0 Å². The minimum Gasteiger partial charge on any atom is -0.368 e. The normalized spacial score (nSPS) is 12.8. The van der Waals surface area contributed by atoms with Crippen molar-refractivity contribution in [2.24, 2.45) is 0 Å². The lowest BCUT2D eigenvalue weighted by Crippen LogP contribution is -2.48. The Morgan fingerprint density at radius 3 is 1.97 bits per heavy atom. The van der Waals surface area contributed by atoms with Crippen LogP contribution in [0.15, 0.2) is 79.9 Å². The van der Waals surface area contributed by atoms with Gasteiger partial charge < -0.3 is 15.1 Å². The van der Waals surface area contributed by atoms with E-state index in [1.54, 1.807) is 24.3 Å². The molecule has 0 radical (unpaired) electrons. The molecule has 1 aliphatic heterocycles. The number of hydrogen-bond acceptors (Lipinski definition) is 4. The SMILES string of the molecule is C=CC(=O)N1CCN(c2ccccc2)CC1.C=CC(=O)Nc1ccc(C(C)=O)cc1. The lowest BCUT2D eigenvalue weighted by molar-refractivity contribution is -0.126. The zero-order chi connectivity index (χ0) is 21.9. The van der Waals surface area contributed by atoms with Crippen molar-refractivity contribution < 1.29 is 14.4 Å². The van der Waals surface area contributed by atoms with Gasteiger partial charge in [-0.1, -0.05) is 31.4 Å². The molecular formula is C24H27N3O3. The highest BCUT2D eigenvalue weighted by molar-refractivity contribution is 5.99. The van der Waals surface area contributed by atoms with Crippen molar-refractivity contribution in [1.82, 2.24) is 4.90 Å². The number of nitrogens with zero attached hydrogens (tertiary/aromatic N) is 2. The molecule has 6 heteroatoms. The minimum absolute atomic E-state index is 0.00611. The summed E-state index contributed by atoms with van der Waals surface area (Å²) in [5.41, 5.74) is 2.51. The summed E-state index contributed by atoms with van der Waals surface area (Å²) in [5, 5.41) is 2.59. The number of para-hydroxylation sites is 1. The van der Waals surface area contributed by atoms with Gasteiger partial charge in [0.25, 0.3) is 0 Å². The highest BCUT2D eigenvalue weighted by Gasteiger charge is 2.19. The van der Waals surface area contributed by atoms with Gasteiger partial charge in [-0.2, -0.15) is 0 Å². The summed E-state index contributed by atoms with van der Waals surface area (Å²) in [6, 6.07) is 17.0. The number of hydrogen-bond donors (Lipinski definition) is 1. The van der Waals surface area contributed by atoms with E-state index in [1.165, 1.54) is 24.8 Å². The number of carbonyl (C=O) groups is 3. The number of benzene rings is 2. The summed E-state index contributed by atoms with van der Waals surface area (Å²) >= 11 is 0. The largest absolute Gasteiger partial charge is 0.368 e. The average Bonchev–Trinajstić information content (AvgIpc) is 2.80. The van der Waals surface area contributed by atoms with Crippen molar-refractivity contribution in [1.29, 1.82) is 0 Å². The lowest BCUT2D eigenvalue weighted by Gasteiger charge is -2.35. The van der Waals surface area contributed by atoms with Gasteiger partial charge in [0.2, 0.25) is 11.8 Å². The number of carbonyl (C=O) groups excluding carboxylic acids is 3. The van der Waals surface area contributed by atoms with Crippen LogP contribution in [-0.4, -0.2) is 48.7 Å². The Morgan fingerprint density at radius 2 is 1.47 bits per heavy atom. The molecule has 1 aliphatic rings. The zero-order valence-corrected chi connectivity index (χ0v) is 17.2. The first-order valence-corrected chi connectivity index (χ1v) is 9.70. The quantitative estimate of drug-likeness (QED) is 0.610. The topological polar surface area (TPSA) is 69.7 Å². The maximum Gasteiger partial charge on any atom is 0.247 e. The third-order valence-corrected chi connectivity index (χ3v) is 4.63. The summed E-state index contributed by atoms with van der Waals surface area (Å²) in [6.07, 6.45) is 2.58. The predicted molar refractivity (Wildman–Crippen MR) is 121 cm³/mol. The van der Waals surface area contributed by atoms with Crippen LogP contribution >= 0.6 is 0 Å². The number of ketones is 1. The van der Waals surface area contributed by atoms with Gasteiger partial charge in [-0.05, 0) is 55.5 Å². The van der Waals surface area contributed by atoms with Gasteiger partial charge in [-0.25, -0.2) is 0 Å². The molecule has 2 amide bonds. The Kier molecular flexibility index (Phi) is 8.56. The second-order valence-electron chi connectivity index (χ2n) is 6.68. The monoisotopic (exact) mass is 405 g/mol. The second kappa shape index (κ2) is 11.4. The van der Waals surface area contributed by atoms with E-state index in [1.807, 2.05) is 23.1 Å². The molecule has 1 N–H and O–H groups in total. The van der Waals surface area contributed by atoms with Gasteiger partial charge in [-0.3, -0.25) is 14.4 Å². The number of Topliss-reactive ketones (excluding diaryl/α,β-unsaturated/α-hetero) is 1. The first-order chi connectivity index (χ1) is 14.4. The molecule has 1 saturated heterocycles. The van der Waals surface area contributed by atoms with Gasteiger partial charge in [-0.15, -0.1) is 0 Å². The fourth-order valence-electron chi connectivity index (χ4n) is 2.93. The van der Waals surface area contributed by atoms with Crippen LogP contribution < -0.4 is 10.2 Å². The van der Waals surface area contributed by atoms with Gasteiger partial charge in [0, 0.05) is 43.1 Å². The van der Waals surface area contributed by atoms with Gasteiger partial charge in [0.1, 0.15) is 0 Å². The lowest BCUT2D eigenvalue weighted by atomic mass is 10.1. The number of amides is 2. The third-order valence-electron chi connectivity index (χ3n) is 4.63. The van der Waals surface area contributed by atoms with Crippen molar-refractivity contribution in [2.75, 3.05) is 36.4 Å². The first-order valence-electron chi connectivity index (χ1n) is 9.70. The van der Waals surface area contributed by atoms with E-state index in [-0.39, 0.29) is 17.6 Å². The molecule has 2 aromatic carbocycles. The van der Waals surface area contributed by atoms with Gasteiger partial charge in [0.05, 0.1) is 0 Å². The van der Waals surface area contributed by atoms with Gasteiger partial charge in [0.15, 0.2) is 5.78 Å². The third kappa shape index (κ3) is 6.74. The molecule has 30 heavy (non-hydrogen) atoms. The molecule has 1 fully saturated rings. The summed E-state index contributed by atoms with van der Waals surface area (Å²) in [7, 11) is 0. The van der Waals surface area contributed by atoms with Crippen molar-refractivity contribution in [3.63, 3.8) is 0 Å². The molecule has 0 atom stereocenters. The van der Waals surface area contributed by atoms with Crippen LogP contribution in [0.5, 0.6) is 0 Å². The molecule has 1 heterocycles. The maximum atomic E-state index is 11.4. The molecule has 0 spiro atoms. The maximum absolute atomic E-state index is 11.4. The number of anilines is 2. The molecule has 0 unspecified atom stereocenters. The minimum atomic E-state index is -0.263. The van der Waals surface area contributed by atoms with Crippen molar-refractivity contribution >= 4 is 29.0 Å².